The van der Waals surface area contributed by atoms with Crippen molar-refractivity contribution < 1.29 is 14.3 Å². The summed E-state index contributed by atoms with van der Waals surface area (Å²) in [5.74, 6) is -0.668. The van der Waals surface area contributed by atoms with Crippen molar-refractivity contribution in [1.82, 2.24) is 25.0 Å². The van der Waals surface area contributed by atoms with Gasteiger partial charge in [-0.3, -0.25) is 9.59 Å². The third kappa shape index (κ3) is 5.01. The molecule has 1 aromatic carbocycles. The summed E-state index contributed by atoms with van der Waals surface area (Å²) in [7, 11) is 0. The van der Waals surface area contributed by atoms with Crippen molar-refractivity contribution in [2.24, 2.45) is 0 Å². The molecule has 0 bridgehead atoms. The van der Waals surface area contributed by atoms with Gasteiger partial charge in [0.2, 0.25) is 0 Å². The molecule has 2 heterocycles. The van der Waals surface area contributed by atoms with Crippen LogP contribution in [0.5, 0.6) is 0 Å². The van der Waals surface area contributed by atoms with Crippen molar-refractivity contribution in [1.29, 1.82) is 0 Å². The normalized spacial score (nSPS) is 10.9. The van der Waals surface area contributed by atoms with Crippen LogP contribution in [0, 0.1) is 0 Å². The quantitative estimate of drug-likeness (QED) is 0.244. The van der Waals surface area contributed by atoms with E-state index in [1.54, 1.807) is 23.7 Å². The van der Waals surface area contributed by atoms with Crippen LogP contribution in [-0.2, 0) is 20.9 Å². The van der Waals surface area contributed by atoms with Crippen LogP contribution in [0.15, 0.2) is 35.6 Å². The van der Waals surface area contributed by atoms with Crippen molar-refractivity contribution in [3.63, 3.8) is 0 Å². The number of hydrogen-bond donors (Lipinski definition) is 0. The highest BCUT2D eigenvalue weighted by molar-refractivity contribution is 8.00. The zero-order valence-electron chi connectivity index (χ0n) is 14.5. The highest BCUT2D eigenvalue weighted by atomic mass is 35.5. The summed E-state index contributed by atoms with van der Waals surface area (Å²) in [5, 5.41) is 9.48. The van der Waals surface area contributed by atoms with Crippen molar-refractivity contribution in [2.45, 2.75) is 24.9 Å². The van der Waals surface area contributed by atoms with Crippen LogP contribution in [0.4, 0.5) is 0 Å². The average Bonchev–Trinajstić information content (AvgIpc) is 3.05. The van der Waals surface area contributed by atoms with Gasteiger partial charge in [-0.05, 0) is 24.6 Å². The molecule has 0 unspecified atom stereocenters. The number of carbonyl (C=O) groups is 2. The van der Waals surface area contributed by atoms with E-state index in [0.717, 1.165) is 5.56 Å². The number of hydrogen-bond acceptors (Lipinski definition) is 8. The third-order valence-corrected chi connectivity index (χ3v) is 4.82. The molecule has 3 rings (SSSR count). The van der Waals surface area contributed by atoms with E-state index in [4.69, 9.17) is 16.3 Å². The molecule has 8 nitrogen and oxygen atoms in total. The van der Waals surface area contributed by atoms with E-state index in [1.807, 2.05) is 12.1 Å². The summed E-state index contributed by atoms with van der Waals surface area (Å²) >= 11 is 7.10. The van der Waals surface area contributed by atoms with Crippen molar-refractivity contribution >= 4 is 46.3 Å². The molecule has 0 N–H and O–H groups in total. The van der Waals surface area contributed by atoms with E-state index in [9.17, 15) is 9.59 Å². The largest absolute Gasteiger partial charge is 0.466 e. The number of ketones is 1. The number of fused-ring (bicyclic) bond motifs is 1. The molecule has 0 radical (unpaired) electrons. The zero-order valence-corrected chi connectivity index (χ0v) is 16.0. The molecule has 0 amide bonds. The van der Waals surface area contributed by atoms with Gasteiger partial charge in [0.15, 0.2) is 16.9 Å². The molecule has 27 heavy (non-hydrogen) atoms. The average molecular weight is 406 g/mol. The Bertz CT molecular complexity index is 961. The number of Topliss-reactive ketones (excluding diaryl/α,β-unsaturated/α-hetero) is 1. The highest BCUT2D eigenvalue weighted by Gasteiger charge is 2.15. The summed E-state index contributed by atoms with van der Waals surface area (Å²) in [5.41, 5.74) is 2.09. The van der Waals surface area contributed by atoms with E-state index in [2.05, 4.69) is 20.3 Å². The Morgan fingerprint density at radius 1 is 1.22 bits per heavy atom. The lowest BCUT2D eigenvalue weighted by molar-refractivity contribution is -0.145. The third-order valence-electron chi connectivity index (χ3n) is 3.53. The van der Waals surface area contributed by atoms with Gasteiger partial charge in [-0.2, -0.15) is 0 Å². The van der Waals surface area contributed by atoms with Gasteiger partial charge in [0.25, 0.3) is 0 Å². The van der Waals surface area contributed by atoms with Crippen LogP contribution >= 0.6 is 23.4 Å². The Hall–Kier alpha value is -2.52. The van der Waals surface area contributed by atoms with Crippen molar-refractivity contribution in [2.75, 3.05) is 12.4 Å². The molecular weight excluding hydrogens is 390 g/mol. The molecule has 0 aliphatic carbocycles. The van der Waals surface area contributed by atoms with Crippen LogP contribution < -0.4 is 0 Å². The van der Waals surface area contributed by atoms with Gasteiger partial charge in [0.05, 0.1) is 18.9 Å². The van der Waals surface area contributed by atoms with Gasteiger partial charge >= 0.3 is 5.97 Å². The second-order valence-electron chi connectivity index (χ2n) is 5.53. The SMILES string of the molecule is CCOC(=O)CC(=O)CSc1ncnc2c1nnn2Cc1ccc(Cl)cc1. The molecule has 140 valence electrons. The molecule has 0 spiro atoms. The second kappa shape index (κ2) is 8.92. The fraction of sp³-hybridized carbons (Fsp3) is 0.294. The predicted octanol–water partition coefficient (Wildman–Crippen LogP) is 2.54. The fourth-order valence-electron chi connectivity index (χ4n) is 2.32. The summed E-state index contributed by atoms with van der Waals surface area (Å²) in [6.07, 6.45) is 1.15. The van der Waals surface area contributed by atoms with E-state index >= 15 is 0 Å². The number of esters is 1. The first-order valence-corrected chi connectivity index (χ1v) is 9.52. The predicted molar refractivity (Wildman–Crippen MR) is 101 cm³/mol. The van der Waals surface area contributed by atoms with Gasteiger partial charge in [-0.25, -0.2) is 14.6 Å². The van der Waals surface area contributed by atoms with Gasteiger partial charge in [0, 0.05) is 5.02 Å². The van der Waals surface area contributed by atoms with Crippen LogP contribution in [0.1, 0.15) is 18.9 Å². The number of carbonyl (C=O) groups excluding carboxylic acids is 2. The van der Waals surface area contributed by atoms with Crippen molar-refractivity contribution in [3.05, 3.63) is 41.2 Å². The monoisotopic (exact) mass is 405 g/mol. The van der Waals surface area contributed by atoms with Gasteiger partial charge in [0.1, 0.15) is 17.8 Å². The molecule has 0 atom stereocenters. The topological polar surface area (TPSA) is 99.9 Å². The maximum Gasteiger partial charge on any atom is 0.313 e. The number of aromatic nitrogens is 5. The molecule has 2 aromatic heterocycles. The van der Waals surface area contributed by atoms with Crippen molar-refractivity contribution in [3.8, 4) is 0 Å². The molecular formula is C17H16ClN5O3S. The van der Waals surface area contributed by atoms with E-state index < -0.39 is 5.97 Å². The number of halogens is 1. The summed E-state index contributed by atoms with van der Waals surface area (Å²) in [6.45, 7) is 2.43. The first kappa shape index (κ1) is 19.2. The summed E-state index contributed by atoms with van der Waals surface area (Å²) in [6, 6.07) is 7.42. The van der Waals surface area contributed by atoms with Gasteiger partial charge < -0.3 is 4.74 Å². The van der Waals surface area contributed by atoms with Gasteiger partial charge in [-0.15, -0.1) is 5.10 Å². The van der Waals surface area contributed by atoms with Crippen LogP contribution in [0.3, 0.4) is 0 Å². The number of thioether (sulfide) groups is 1. The first-order chi connectivity index (χ1) is 13.1. The minimum Gasteiger partial charge on any atom is -0.466 e. The Kier molecular flexibility index (Phi) is 6.36. The Morgan fingerprint density at radius 3 is 2.74 bits per heavy atom. The lowest BCUT2D eigenvalue weighted by atomic mass is 10.2. The minimum absolute atomic E-state index is 0.0922. The van der Waals surface area contributed by atoms with Crippen LogP contribution in [-0.4, -0.2) is 49.1 Å². The number of nitrogens with zero attached hydrogens (tertiary/aromatic N) is 5. The van der Waals surface area contributed by atoms with E-state index in [0.29, 0.717) is 27.8 Å². The molecule has 0 aliphatic heterocycles. The lowest BCUT2D eigenvalue weighted by Gasteiger charge is -2.03. The van der Waals surface area contributed by atoms with Crippen LogP contribution in [0.2, 0.25) is 5.02 Å². The van der Waals surface area contributed by atoms with E-state index in [1.165, 1.54) is 18.1 Å². The number of rotatable bonds is 8. The molecule has 0 aliphatic rings. The summed E-state index contributed by atoms with van der Waals surface area (Å²) < 4.78 is 6.43. The maximum absolute atomic E-state index is 11.9. The highest BCUT2D eigenvalue weighted by Crippen LogP contribution is 2.23. The second-order valence-corrected chi connectivity index (χ2v) is 6.93. The smallest absolute Gasteiger partial charge is 0.313 e. The minimum atomic E-state index is -0.523. The fourth-order valence-corrected chi connectivity index (χ4v) is 3.24. The maximum atomic E-state index is 11.9. The molecule has 10 heteroatoms. The first-order valence-electron chi connectivity index (χ1n) is 8.15. The Morgan fingerprint density at radius 2 is 2.00 bits per heavy atom. The lowest BCUT2D eigenvalue weighted by Crippen LogP contribution is -2.12. The molecule has 0 fully saturated rings. The zero-order chi connectivity index (χ0) is 19.2. The number of benzene rings is 1. The standard InChI is InChI=1S/C17H16ClN5O3S/c1-2-26-14(25)7-13(24)9-27-17-15-16(19-10-20-17)23(22-21-15)8-11-3-5-12(18)6-4-11/h3-6,10H,2,7-9H2,1H3. The molecule has 0 saturated heterocycles. The Labute approximate surface area is 164 Å². The summed E-state index contributed by atoms with van der Waals surface area (Å²) in [4.78, 5) is 31.7. The van der Waals surface area contributed by atoms with E-state index in [-0.39, 0.29) is 24.6 Å². The number of ether oxygens (including phenoxy) is 1. The van der Waals surface area contributed by atoms with Gasteiger partial charge in [-0.1, -0.05) is 40.7 Å². The Balaban J connectivity index is 1.70. The molecule has 0 saturated carbocycles. The van der Waals surface area contributed by atoms with Crippen LogP contribution in [0.25, 0.3) is 11.2 Å². The molecule has 3 aromatic rings.